The summed E-state index contributed by atoms with van der Waals surface area (Å²) >= 11 is 6.84. The van der Waals surface area contributed by atoms with Crippen LogP contribution in [0.25, 0.3) is 0 Å². The molecule has 0 radical (unpaired) electrons. The van der Waals surface area contributed by atoms with Gasteiger partial charge in [0.05, 0.1) is 22.8 Å². The molecule has 0 saturated carbocycles. The van der Waals surface area contributed by atoms with Crippen molar-refractivity contribution in [1.29, 1.82) is 0 Å². The molecule has 8 heteroatoms. The molecule has 0 spiro atoms. The molecule has 0 aromatic heterocycles. The van der Waals surface area contributed by atoms with Gasteiger partial charge in [-0.2, -0.15) is 5.10 Å². The number of anilines is 1. The maximum atomic E-state index is 12.6. The molecule has 32 heavy (non-hydrogen) atoms. The molecule has 0 bridgehead atoms. The number of benzene rings is 3. The van der Waals surface area contributed by atoms with Crippen LogP contribution in [0.1, 0.15) is 27.0 Å². The van der Waals surface area contributed by atoms with Crippen molar-refractivity contribution in [3.63, 3.8) is 0 Å². The van der Waals surface area contributed by atoms with Gasteiger partial charge in [0.25, 0.3) is 5.91 Å². The number of nitrogens with one attached hydrogen (secondary N) is 2. The number of nitrogens with zero attached hydrogens (tertiary/aromatic N) is 1. The number of rotatable bonds is 7. The van der Waals surface area contributed by atoms with Crippen LogP contribution >= 0.6 is 31.9 Å². The van der Waals surface area contributed by atoms with E-state index in [9.17, 15) is 9.59 Å². The van der Waals surface area contributed by atoms with Crippen molar-refractivity contribution < 1.29 is 14.3 Å². The molecule has 3 rings (SSSR count). The third-order valence-corrected chi connectivity index (χ3v) is 5.51. The Morgan fingerprint density at radius 3 is 2.56 bits per heavy atom. The van der Waals surface area contributed by atoms with Crippen LogP contribution in [-0.2, 0) is 4.79 Å². The first-order valence-corrected chi connectivity index (χ1v) is 11.3. The van der Waals surface area contributed by atoms with Crippen LogP contribution in [-0.4, -0.2) is 24.6 Å². The fourth-order valence-corrected chi connectivity index (χ4v) is 4.21. The van der Waals surface area contributed by atoms with Crippen molar-refractivity contribution in [3.05, 3.63) is 91.9 Å². The smallest absolute Gasteiger partial charge is 0.343 e. The topological polar surface area (TPSA) is 79.8 Å². The first kappa shape index (κ1) is 23.7. The lowest BCUT2D eigenvalue weighted by Crippen LogP contribution is -2.26. The fourth-order valence-electron chi connectivity index (χ4n) is 2.87. The van der Waals surface area contributed by atoms with Crippen LogP contribution < -0.4 is 15.5 Å². The van der Waals surface area contributed by atoms with E-state index in [2.05, 4.69) is 47.7 Å². The van der Waals surface area contributed by atoms with Gasteiger partial charge in [0.15, 0.2) is 5.75 Å². The Morgan fingerprint density at radius 1 is 1.03 bits per heavy atom. The largest absolute Gasteiger partial charge is 0.421 e. The zero-order valence-corrected chi connectivity index (χ0v) is 20.7. The average molecular weight is 559 g/mol. The molecular formula is C24H21Br2N3O3. The third-order valence-electron chi connectivity index (χ3n) is 4.46. The molecule has 3 aromatic rings. The highest BCUT2D eigenvalue weighted by atomic mass is 79.9. The first-order chi connectivity index (χ1) is 15.3. The highest BCUT2D eigenvalue weighted by Gasteiger charge is 2.15. The monoisotopic (exact) mass is 557 g/mol. The van der Waals surface area contributed by atoms with Crippen molar-refractivity contribution in [2.75, 3.05) is 11.9 Å². The molecule has 6 nitrogen and oxygen atoms in total. The minimum absolute atomic E-state index is 0.0690. The number of carbonyl (C=O) groups is 2. The molecule has 0 atom stereocenters. The molecular weight excluding hydrogens is 538 g/mol. The predicted molar refractivity (Wildman–Crippen MR) is 133 cm³/mol. The van der Waals surface area contributed by atoms with Gasteiger partial charge in [-0.3, -0.25) is 4.79 Å². The summed E-state index contributed by atoms with van der Waals surface area (Å²) in [5.74, 6) is -0.495. The first-order valence-electron chi connectivity index (χ1n) is 9.73. The van der Waals surface area contributed by atoms with Crippen LogP contribution in [0.5, 0.6) is 5.75 Å². The van der Waals surface area contributed by atoms with Crippen molar-refractivity contribution in [2.24, 2.45) is 5.10 Å². The number of hydrogen-bond acceptors (Lipinski definition) is 5. The summed E-state index contributed by atoms with van der Waals surface area (Å²) in [6.45, 7) is 3.93. The molecule has 1 amide bonds. The molecule has 164 valence electrons. The quantitative estimate of drug-likeness (QED) is 0.171. The van der Waals surface area contributed by atoms with Gasteiger partial charge in [-0.25, -0.2) is 10.2 Å². The Bertz CT molecular complexity index is 1180. The summed E-state index contributed by atoms with van der Waals surface area (Å²) in [6, 6.07) is 18.4. The number of para-hydroxylation sites is 1. The fraction of sp³-hybridized carbons (Fsp3) is 0.125. The zero-order chi connectivity index (χ0) is 23.1. The number of amides is 1. The van der Waals surface area contributed by atoms with E-state index in [-0.39, 0.29) is 12.5 Å². The molecule has 0 fully saturated rings. The normalized spacial score (nSPS) is 10.8. The van der Waals surface area contributed by atoms with Crippen LogP contribution in [0.3, 0.4) is 0 Å². The van der Waals surface area contributed by atoms with E-state index in [1.807, 2.05) is 44.2 Å². The number of esters is 1. The molecule has 0 saturated heterocycles. The lowest BCUT2D eigenvalue weighted by Gasteiger charge is -2.11. The van der Waals surface area contributed by atoms with Crippen molar-refractivity contribution in [2.45, 2.75) is 13.8 Å². The summed E-state index contributed by atoms with van der Waals surface area (Å²) in [7, 11) is 0. The Balaban J connectivity index is 1.69. The molecule has 0 aliphatic carbocycles. The SMILES string of the molecule is Cc1cccc(C(=O)Oc2c(Br)cc(Br)cc2C=NNC(=O)CNc2ccccc2C)c1. The second-order valence-electron chi connectivity index (χ2n) is 7.03. The number of carbonyl (C=O) groups excluding carboxylic acids is 2. The zero-order valence-electron chi connectivity index (χ0n) is 17.5. The van der Waals surface area contributed by atoms with Gasteiger partial charge in [-0.1, -0.05) is 51.8 Å². The van der Waals surface area contributed by atoms with E-state index < -0.39 is 5.97 Å². The number of hydrazone groups is 1. The Kier molecular flexibility index (Phi) is 8.19. The van der Waals surface area contributed by atoms with Gasteiger partial charge in [0.2, 0.25) is 0 Å². The van der Waals surface area contributed by atoms with E-state index >= 15 is 0 Å². The number of halogens is 2. The van der Waals surface area contributed by atoms with E-state index in [1.165, 1.54) is 6.21 Å². The standard InChI is InChI=1S/C24H21Br2N3O3/c1-15-6-5-8-17(10-15)24(31)32-23-18(11-19(25)12-20(23)26)13-28-29-22(30)14-27-21-9-4-3-7-16(21)2/h3-13,27H,14H2,1-2H3,(H,29,30). The van der Waals surface area contributed by atoms with E-state index in [1.54, 1.807) is 30.3 Å². The molecule has 0 aliphatic heterocycles. The van der Waals surface area contributed by atoms with Gasteiger partial charge in [-0.15, -0.1) is 0 Å². The van der Waals surface area contributed by atoms with Crippen LogP contribution in [0.2, 0.25) is 0 Å². The second kappa shape index (κ2) is 11.1. The van der Waals surface area contributed by atoms with E-state index in [0.29, 0.717) is 21.3 Å². The number of hydrogen-bond donors (Lipinski definition) is 2. The minimum atomic E-state index is -0.488. The summed E-state index contributed by atoms with van der Waals surface area (Å²) in [6.07, 6.45) is 1.43. The van der Waals surface area contributed by atoms with Crippen molar-refractivity contribution >= 4 is 55.6 Å². The maximum absolute atomic E-state index is 12.6. The highest BCUT2D eigenvalue weighted by Crippen LogP contribution is 2.32. The van der Waals surface area contributed by atoms with Crippen molar-refractivity contribution in [3.8, 4) is 5.75 Å². The highest BCUT2D eigenvalue weighted by molar-refractivity contribution is 9.11. The lowest BCUT2D eigenvalue weighted by atomic mass is 10.1. The van der Waals surface area contributed by atoms with Crippen molar-refractivity contribution in [1.82, 2.24) is 5.43 Å². The summed E-state index contributed by atoms with van der Waals surface area (Å²) < 4.78 is 6.95. The third kappa shape index (κ3) is 6.51. The van der Waals surface area contributed by atoms with Gasteiger partial charge >= 0.3 is 5.97 Å². The number of aryl methyl sites for hydroxylation is 2. The summed E-state index contributed by atoms with van der Waals surface area (Å²) in [4.78, 5) is 24.7. The van der Waals surface area contributed by atoms with Crippen LogP contribution in [0.15, 0.2) is 74.7 Å². The maximum Gasteiger partial charge on any atom is 0.343 e. The van der Waals surface area contributed by atoms with E-state index in [0.717, 1.165) is 21.3 Å². The molecule has 3 aromatic carbocycles. The summed E-state index contributed by atoms with van der Waals surface area (Å²) in [5, 5.41) is 7.09. The Labute approximate surface area is 203 Å². The minimum Gasteiger partial charge on any atom is -0.421 e. The van der Waals surface area contributed by atoms with Gasteiger partial charge in [0, 0.05) is 15.7 Å². The second-order valence-corrected chi connectivity index (χ2v) is 8.80. The molecule has 0 aliphatic rings. The Morgan fingerprint density at radius 2 is 1.81 bits per heavy atom. The molecule has 2 N–H and O–H groups in total. The summed E-state index contributed by atoms with van der Waals surface area (Å²) in [5.41, 5.74) is 6.32. The van der Waals surface area contributed by atoms with Gasteiger partial charge in [0.1, 0.15) is 0 Å². The lowest BCUT2D eigenvalue weighted by molar-refractivity contribution is -0.119. The molecule has 0 unspecified atom stereocenters. The molecule has 0 heterocycles. The number of ether oxygens (including phenoxy) is 1. The van der Waals surface area contributed by atoms with Crippen LogP contribution in [0, 0.1) is 13.8 Å². The van der Waals surface area contributed by atoms with Crippen LogP contribution in [0.4, 0.5) is 5.69 Å². The van der Waals surface area contributed by atoms with Gasteiger partial charge < -0.3 is 10.1 Å². The Hall–Kier alpha value is -2.97. The van der Waals surface area contributed by atoms with E-state index in [4.69, 9.17) is 4.74 Å². The van der Waals surface area contributed by atoms with Gasteiger partial charge in [-0.05, 0) is 65.7 Å². The average Bonchev–Trinajstić information content (AvgIpc) is 2.75. The predicted octanol–water partition coefficient (Wildman–Crippen LogP) is 5.61.